The van der Waals surface area contributed by atoms with Gasteiger partial charge in [0.1, 0.15) is 0 Å². The first-order chi connectivity index (χ1) is 12.2. The summed E-state index contributed by atoms with van der Waals surface area (Å²) in [6.45, 7) is 4.45. The van der Waals surface area contributed by atoms with Crippen molar-refractivity contribution in [2.45, 2.75) is 71.6 Å². The number of rotatable bonds is 15. The van der Waals surface area contributed by atoms with E-state index >= 15 is 0 Å². The molecule has 0 bridgehead atoms. The Bertz CT molecular complexity index is 453. The van der Waals surface area contributed by atoms with E-state index in [9.17, 15) is 4.79 Å². The molecule has 2 nitrogen and oxygen atoms in total. The van der Waals surface area contributed by atoms with Gasteiger partial charge in [0, 0.05) is 6.42 Å². The summed E-state index contributed by atoms with van der Waals surface area (Å²) in [6.07, 6.45) is 30.4. The molecule has 0 amide bonds. The molecule has 25 heavy (non-hydrogen) atoms. The third-order valence-electron chi connectivity index (χ3n) is 3.74. The Hall–Kier alpha value is -1.83. The molecule has 1 unspecified atom stereocenters. The van der Waals surface area contributed by atoms with Gasteiger partial charge in [-0.15, -0.1) is 0 Å². The summed E-state index contributed by atoms with van der Waals surface area (Å²) in [5.74, 6) is -0.209. The third kappa shape index (κ3) is 20.1. The molecular formula is C23H36O2. The van der Waals surface area contributed by atoms with Crippen LogP contribution in [-0.2, 0) is 4.79 Å². The molecule has 0 spiro atoms. The minimum atomic E-state index is -0.738. The van der Waals surface area contributed by atoms with Gasteiger partial charge >= 0.3 is 5.97 Å². The number of aliphatic carboxylic acids is 1. The minimum Gasteiger partial charge on any atom is -0.481 e. The third-order valence-corrected chi connectivity index (χ3v) is 3.74. The molecule has 0 heterocycles. The zero-order valence-corrected chi connectivity index (χ0v) is 16.1. The molecule has 1 atom stereocenters. The van der Waals surface area contributed by atoms with E-state index < -0.39 is 5.97 Å². The average molecular weight is 345 g/mol. The fourth-order valence-corrected chi connectivity index (χ4v) is 2.20. The van der Waals surface area contributed by atoms with Crippen molar-refractivity contribution in [3.8, 4) is 0 Å². The van der Waals surface area contributed by atoms with Gasteiger partial charge in [-0.3, -0.25) is 4.79 Å². The summed E-state index contributed by atoms with van der Waals surface area (Å²) >= 11 is 0. The molecule has 0 aliphatic rings. The summed E-state index contributed by atoms with van der Waals surface area (Å²) in [6, 6.07) is 0. The van der Waals surface area contributed by atoms with E-state index in [0.29, 0.717) is 12.3 Å². The Morgan fingerprint density at radius 1 is 0.880 bits per heavy atom. The van der Waals surface area contributed by atoms with Gasteiger partial charge in [0.05, 0.1) is 0 Å². The molecule has 0 aliphatic carbocycles. The lowest BCUT2D eigenvalue weighted by Gasteiger charge is -1.99. The normalized spacial score (nSPS) is 14.0. The largest absolute Gasteiger partial charge is 0.481 e. The number of hydrogen-bond acceptors (Lipinski definition) is 1. The van der Waals surface area contributed by atoms with Crippen LogP contribution in [0.5, 0.6) is 0 Å². The molecule has 0 aliphatic heterocycles. The van der Waals surface area contributed by atoms with E-state index in [0.717, 1.165) is 19.3 Å². The van der Waals surface area contributed by atoms with Gasteiger partial charge in [-0.25, -0.2) is 0 Å². The highest BCUT2D eigenvalue weighted by atomic mass is 16.4. The van der Waals surface area contributed by atoms with Crippen LogP contribution < -0.4 is 0 Å². The number of carboxylic acids is 1. The van der Waals surface area contributed by atoms with E-state index in [1.165, 1.54) is 25.7 Å². The highest BCUT2D eigenvalue weighted by Crippen LogP contribution is 2.06. The van der Waals surface area contributed by atoms with Crippen molar-refractivity contribution in [1.29, 1.82) is 0 Å². The van der Waals surface area contributed by atoms with Crippen molar-refractivity contribution < 1.29 is 9.90 Å². The summed E-state index contributed by atoms with van der Waals surface area (Å²) in [4.78, 5) is 10.4. The second-order valence-electron chi connectivity index (χ2n) is 6.34. The van der Waals surface area contributed by atoms with E-state index in [2.05, 4.69) is 62.5 Å². The molecule has 0 rings (SSSR count). The maximum Gasteiger partial charge on any atom is 0.303 e. The smallest absolute Gasteiger partial charge is 0.303 e. The maximum absolute atomic E-state index is 10.4. The first kappa shape index (κ1) is 23.2. The Morgan fingerprint density at radius 3 is 2.28 bits per heavy atom. The van der Waals surface area contributed by atoms with Gasteiger partial charge < -0.3 is 5.11 Å². The predicted molar refractivity (Wildman–Crippen MR) is 110 cm³/mol. The molecular weight excluding hydrogens is 308 g/mol. The minimum absolute atomic E-state index is 0.213. The Kier molecular flexibility index (Phi) is 17.2. The number of unbranched alkanes of at least 4 members (excludes halogenated alkanes) is 3. The van der Waals surface area contributed by atoms with Crippen molar-refractivity contribution in [2.24, 2.45) is 5.92 Å². The van der Waals surface area contributed by atoms with Crippen LogP contribution in [0.3, 0.4) is 0 Å². The fraction of sp³-hybridized carbons (Fsp3) is 0.522. The van der Waals surface area contributed by atoms with Crippen LogP contribution in [-0.4, -0.2) is 11.1 Å². The van der Waals surface area contributed by atoms with Crippen molar-refractivity contribution in [1.82, 2.24) is 0 Å². The SMILES string of the molecule is CCCCC/C=C\C/C=C\C=C/C(C)C/C=C\C/C=C\CCC(=O)O. The molecule has 0 saturated heterocycles. The number of allylic oxidation sites excluding steroid dienone is 10. The van der Waals surface area contributed by atoms with E-state index in [4.69, 9.17) is 5.11 Å². The van der Waals surface area contributed by atoms with Crippen molar-refractivity contribution in [3.05, 3.63) is 60.8 Å². The Balaban J connectivity index is 3.68. The van der Waals surface area contributed by atoms with Crippen LogP contribution >= 0.6 is 0 Å². The number of hydrogen-bond donors (Lipinski definition) is 1. The van der Waals surface area contributed by atoms with Crippen LogP contribution in [0.15, 0.2) is 60.8 Å². The molecule has 0 aromatic rings. The Morgan fingerprint density at radius 2 is 1.56 bits per heavy atom. The lowest BCUT2D eigenvalue weighted by atomic mass is 10.1. The Labute approximate surface area is 154 Å². The monoisotopic (exact) mass is 344 g/mol. The van der Waals surface area contributed by atoms with E-state index in [-0.39, 0.29) is 6.42 Å². The fourth-order valence-electron chi connectivity index (χ4n) is 2.20. The van der Waals surface area contributed by atoms with Crippen LogP contribution in [0.4, 0.5) is 0 Å². The van der Waals surface area contributed by atoms with Gasteiger partial charge in [0.25, 0.3) is 0 Å². The molecule has 1 N–H and O–H groups in total. The second kappa shape index (κ2) is 18.5. The summed E-state index contributed by atoms with van der Waals surface area (Å²) in [7, 11) is 0. The van der Waals surface area contributed by atoms with Crippen molar-refractivity contribution >= 4 is 5.97 Å². The number of carbonyl (C=O) groups is 1. The average Bonchev–Trinajstić information content (AvgIpc) is 2.58. The molecule has 0 radical (unpaired) electrons. The standard InChI is InChI=1S/C23H36O2/c1-3-4-5-6-7-8-9-10-13-16-19-22(2)20-17-14-11-12-15-18-21-23(24)25/h7-8,10,12-17,19,22H,3-6,9,11,18,20-21H2,1-2H3,(H,24,25)/b8-7-,13-10-,15-12-,17-14-,19-16-. The zero-order chi connectivity index (χ0) is 18.6. The second-order valence-corrected chi connectivity index (χ2v) is 6.34. The summed E-state index contributed by atoms with van der Waals surface area (Å²) in [5, 5.41) is 8.52. The van der Waals surface area contributed by atoms with Crippen LogP contribution in [0, 0.1) is 5.92 Å². The van der Waals surface area contributed by atoms with Gasteiger partial charge in [0.15, 0.2) is 0 Å². The van der Waals surface area contributed by atoms with Gasteiger partial charge in [-0.1, -0.05) is 87.4 Å². The first-order valence-electron chi connectivity index (χ1n) is 9.67. The van der Waals surface area contributed by atoms with Crippen LogP contribution in [0.2, 0.25) is 0 Å². The topological polar surface area (TPSA) is 37.3 Å². The predicted octanol–water partition coefficient (Wildman–Crippen LogP) is 7.02. The molecule has 140 valence electrons. The molecule has 0 fully saturated rings. The quantitative estimate of drug-likeness (QED) is 0.197. The van der Waals surface area contributed by atoms with Crippen molar-refractivity contribution in [2.75, 3.05) is 0 Å². The van der Waals surface area contributed by atoms with Gasteiger partial charge in [-0.05, 0) is 44.4 Å². The molecule has 0 aromatic heterocycles. The lowest BCUT2D eigenvalue weighted by molar-refractivity contribution is -0.136. The number of carboxylic acid groups (broad SMARTS) is 1. The molecule has 0 aromatic carbocycles. The van der Waals surface area contributed by atoms with Gasteiger partial charge in [0.2, 0.25) is 0 Å². The highest BCUT2D eigenvalue weighted by Gasteiger charge is 1.92. The molecule has 2 heteroatoms. The van der Waals surface area contributed by atoms with E-state index in [1.54, 1.807) is 0 Å². The van der Waals surface area contributed by atoms with Crippen LogP contribution in [0.25, 0.3) is 0 Å². The van der Waals surface area contributed by atoms with Crippen LogP contribution in [0.1, 0.15) is 71.6 Å². The zero-order valence-electron chi connectivity index (χ0n) is 16.1. The highest BCUT2D eigenvalue weighted by molar-refractivity contribution is 5.66. The summed E-state index contributed by atoms with van der Waals surface area (Å²) in [5.41, 5.74) is 0. The maximum atomic E-state index is 10.4. The van der Waals surface area contributed by atoms with Crippen molar-refractivity contribution in [3.63, 3.8) is 0 Å². The molecule has 0 saturated carbocycles. The first-order valence-corrected chi connectivity index (χ1v) is 9.67. The summed E-state index contributed by atoms with van der Waals surface area (Å²) < 4.78 is 0. The van der Waals surface area contributed by atoms with Gasteiger partial charge in [-0.2, -0.15) is 0 Å². The lowest BCUT2D eigenvalue weighted by Crippen LogP contribution is -1.91. The van der Waals surface area contributed by atoms with E-state index in [1.807, 2.05) is 12.2 Å².